The minimum atomic E-state index is -0.259. The molecule has 1 amide bonds. The van der Waals surface area contributed by atoms with E-state index < -0.39 is 0 Å². The first-order valence-electron chi connectivity index (χ1n) is 7.07. The average molecular weight is 294 g/mol. The van der Waals surface area contributed by atoms with E-state index in [0.29, 0.717) is 25.6 Å². The predicted octanol–water partition coefficient (Wildman–Crippen LogP) is 1.36. The normalized spacial score (nSPS) is 11.1. The largest absolute Gasteiger partial charge is 0.357 e. The topological polar surface area (TPSA) is 56.7 Å². The Kier molecular flexibility index (Phi) is 7.21. The van der Waals surface area contributed by atoms with Crippen molar-refractivity contribution in [1.82, 2.24) is 15.5 Å². The Balaban J connectivity index is 2.70. The van der Waals surface area contributed by atoms with Crippen LogP contribution < -0.4 is 10.6 Å². The van der Waals surface area contributed by atoms with E-state index in [1.165, 1.54) is 12.1 Å². The maximum absolute atomic E-state index is 13.2. The van der Waals surface area contributed by atoms with Crippen LogP contribution in [0.15, 0.2) is 29.3 Å². The number of rotatable bonds is 6. The predicted molar refractivity (Wildman–Crippen MR) is 82.5 cm³/mol. The summed E-state index contributed by atoms with van der Waals surface area (Å²) < 4.78 is 13.2. The highest BCUT2D eigenvalue weighted by Crippen LogP contribution is 2.06. The zero-order valence-electron chi connectivity index (χ0n) is 12.8. The quantitative estimate of drug-likeness (QED) is 0.615. The Labute approximate surface area is 125 Å². The summed E-state index contributed by atoms with van der Waals surface area (Å²) in [5, 5.41) is 5.81. The van der Waals surface area contributed by atoms with Crippen LogP contribution in [0.1, 0.15) is 19.4 Å². The smallest absolute Gasteiger partial charge is 0.241 e. The second-order valence-corrected chi connectivity index (χ2v) is 4.61. The minimum Gasteiger partial charge on any atom is -0.357 e. The number of amides is 1. The molecule has 21 heavy (non-hydrogen) atoms. The number of hydrogen-bond donors (Lipinski definition) is 2. The van der Waals surface area contributed by atoms with Crippen LogP contribution in [0.3, 0.4) is 0 Å². The summed E-state index contributed by atoms with van der Waals surface area (Å²) in [6, 6.07) is 6.44. The van der Waals surface area contributed by atoms with E-state index in [1.807, 2.05) is 31.9 Å². The highest BCUT2D eigenvalue weighted by atomic mass is 19.1. The molecule has 0 aliphatic heterocycles. The van der Waals surface area contributed by atoms with Gasteiger partial charge in [-0.3, -0.25) is 4.79 Å². The monoisotopic (exact) mass is 294 g/mol. The van der Waals surface area contributed by atoms with Crippen LogP contribution in [-0.2, 0) is 11.3 Å². The molecule has 0 radical (unpaired) electrons. The fourth-order valence-electron chi connectivity index (χ4n) is 1.85. The van der Waals surface area contributed by atoms with Crippen molar-refractivity contribution < 1.29 is 9.18 Å². The van der Waals surface area contributed by atoms with Gasteiger partial charge in [0, 0.05) is 26.7 Å². The van der Waals surface area contributed by atoms with Crippen molar-refractivity contribution >= 4 is 11.9 Å². The fraction of sp³-hybridized carbons (Fsp3) is 0.467. The van der Waals surface area contributed by atoms with E-state index in [0.717, 1.165) is 5.56 Å². The highest BCUT2D eigenvalue weighted by Gasteiger charge is 2.08. The van der Waals surface area contributed by atoms with Gasteiger partial charge in [-0.05, 0) is 31.5 Å². The van der Waals surface area contributed by atoms with Crippen molar-refractivity contribution in [1.29, 1.82) is 0 Å². The van der Waals surface area contributed by atoms with Crippen LogP contribution in [0, 0.1) is 5.82 Å². The lowest BCUT2D eigenvalue weighted by molar-refractivity contribution is -0.119. The Hall–Kier alpha value is -2.11. The average Bonchev–Trinajstić information content (AvgIpc) is 2.43. The molecule has 0 saturated heterocycles. The lowest BCUT2D eigenvalue weighted by Crippen LogP contribution is -2.39. The van der Waals surface area contributed by atoms with Crippen molar-refractivity contribution in [2.45, 2.75) is 20.4 Å². The van der Waals surface area contributed by atoms with Gasteiger partial charge in [-0.2, -0.15) is 0 Å². The summed E-state index contributed by atoms with van der Waals surface area (Å²) in [5.41, 5.74) is 0.848. The molecule has 1 aromatic carbocycles. The molecule has 0 aliphatic rings. The second kappa shape index (κ2) is 8.94. The first-order valence-corrected chi connectivity index (χ1v) is 7.07. The maximum Gasteiger partial charge on any atom is 0.241 e. The molecule has 0 fully saturated rings. The summed E-state index contributed by atoms with van der Waals surface area (Å²) >= 11 is 0. The molecular formula is C15H23FN4O. The van der Waals surface area contributed by atoms with Gasteiger partial charge in [0.05, 0.1) is 0 Å². The molecule has 0 aliphatic carbocycles. The SMILES string of the molecule is CCNC(=O)CN=C(NCC)N(C)Cc1cccc(F)c1. The fourth-order valence-corrected chi connectivity index (χ4v) is 1.85. The van der Waals surface area contributed by atoms with Gasteiger partial charge in [-0.15, -0.1) is 0 Å². The van der Waals surface area contributed by atoms with E-state index in [1.54, 1.807) is 6.07 Å². The summed E-state index contributed by atoms with van der Waals surface area (Å²) in [6.07, 6.45) is 0. The van der Waals surface area contributed by atoms with Gasteiger partial charge in [0.15, 0.2) is 5.96 Å². The van der Waals surface area contributed by atoms with Gasteiger partial charge >= 0.3 is 0 Å². The number of likely N-dealkylation sites (N-methyl/N-ethyl adjacent to an activating group) is 1. The molecular weight excluding hydrogens is 271 g/mol. The first-order chi connectivity index (χ1) is 10.1. The van der Waals surface area contributed by atoms with Crippen molar-refractivity contribution in [2.75, 3.05) is 26.7 Å². The Morgan fingerprint density at radius 1 is 1.29 bits per heavy atom. The molecule has 0 unspecified atom stereocenters. The molecule has 6 heteroatoms. The standard InChI is InChI=1S/C15H23FN4O/c1-4-17-14(21)10-19-15(18-5-2)20(3)11-12-7-6-8-13(16)9-12/h6-9H,4-5,10-11H2,1-3H3,(H,17,21)(H,18,19). The second-order valence-electron chi connectivity index (χ2n) is 4.61. The Bertz CT molecular complexity index is 490. The number of nitrogens with zero attached hydrogens (tertiary/aromatic N) is 2. The minimum absolute atomic E-state index is 0.0731. The third-order valence-corrected chi connectivity index (χ3v) is 2.75. The van der Waals surface area contributed by atoms with Gasteiger partial charge in [0.2, 0.25) is 5.91 Å². The van der Waals surface area contributed by atoms with Crippen LogP contribution in [0.4, 0.5) is 4.39 Å². The third kappa shape index (κ3) is 6.25. The lowest BCUT2D eigenvalue weighted by atomic mass is 10.2. The molecule has 2 N–H and O–H groups in total. The Morgan fingerprint density at radius 3 is 2.62 bits per heavy atom. The van der Waals surface area contributed by atoms with Crippen LogP contribution in [0.25, 0.3) is 0 Å². The van der Waals surface area contributed by atoms with Crippen molar-refractivity contribution in [3.8, 4) is 0 Å². The summed E-state index contributed by atoms with van der Waals surface area (Å²) in [4.78, 5) is 17.6. The maximum atomic E-state index is 13.2. The molecule has 0 bridgehead atoms. The molecule has 5 nitrogen and oxygen atoms in total. The van der Waals surface area contributed by atoms with Crippen LogP contribution in [0.5, 0.6) is 0 Å². The summed E-state index contributed by atoms with van der Waals surface area (Å²) in [7, 11) is 1.85. The van der Waals surface area contributed by atoms with Gasteiger partial charge in [-0.1, -0.05) is 12.1 Å². The van der Waals surface area contributed by atoms with E-state index in [9.17, 15) is 9.18 Å². The number of hydrogen-bond acceptors (Lipinski definition) is 2. The summed E-state index contributed by atoms with van der Waals surface area (Å²) in [6.45, 7) is 5.69. The number of benzene rings is 1. The van der Waals surface area contributed by atoms with E-state index in [-0.39, 0.29) is 18.3 Å². The van der Waals surface area contributed by atoms with Gasteiger partial charge in [-0.25, -0.2) is 9.38 Å². The third-order valence-electron chi connectivity index (χ3n) is 2.75. The highest BCUT2D eigenvalue weighted by molar-refractivity contribution is 5.84. The van der Waals surface area contributed by atoms with Crippen molar-refractivity contribution in [2.24, 2.45) is 4.99 Å². The van der Waals surface area contributed by atoms with Crippen LogP contribution in [0.2, 0.25) is 0 Å². The number of guanidine groups is 1. The van der Waals surface area contributed by atoms with Gasteiger partial charge in [0.25, 0.3) is 0 Å². The molecule has 1 aromatic rings. The molecule has 0 saturated carbocycles. The van der Waals surface area contributed by atoms with Crippen molar-refractivity contribution in [3.63, 3.8) is 0 Å². The number of carbonyl (C=O) groups excluding carboxylic acids is 1. The zero-order valence-corrected chi connectivity index (χ0v) is 12.8. The number of halogens is 1. The molecule has 0 aromatic heterocycles. The van der Waals surface area contributed by atoms with E-state index in [2.05, 4.69) is 15.6 Å². The van der Waals surface area contributed by atoms with E-state index in [4.69, 9.17) is 0 Å². The van der Waals surface area contributed by atoms with Gasteiger partial charge in [0.1, 0.15) is 12.4 Å². The molecule has 0 heterocycles. The molecule has 1 rings (SSSR count). The van der Waals surface area contributed by atoms with Crippen molar-refractivity contribution in [3.05, 3.63) is 35.6 Å². The first kappa shape index (κ1) is 16.9. The molecule has 0 spiro atoms. The Morgan fingerprint density at radius 2 is 2.00 bits per heavy atom. The van der Waals surface area contributed by atoms with Crippen LogP contribution in [-0.4, -0.2) is 43.4 Å². The lowest BCUT2D eigenvalue weighted by Gasteiger charge is -2.22. The number of aliphatic imine (C=N–C) groups is 1. The molecule has 116 valence electrons. The van der Waals surface area contributed by atoms with E-state index >= 15 is 0 Å². The molecule has 0 atom stereocenters. The zero-order chi connectivity index (χ0) is 15.7. The van der Waals surface area contributed by atoms with Crippen LogP contribution >= 0.6 is 0 Å². The summed E-state index contributed by atoms with van der Waals surface area (Å²) in [5.74, 6) is 0.241. The number of nitrogens with one attached hydrogen (secondary N) is 2. The van der Waals surface area contributed by atoms with Gasteiger partial charge < -0.3 is 15.5 Å². The number of carbonyl (C=O) groups is 1.